The van der Waals surface area contributed by atoms with Crippen molar-refractivity contribution in [3.63, 3.8) is 0 Å². The molecular formula is C12H21N5O. The van der Waals surface area contributed by atoms with Crippen molar-refractivity contribution in [2.75, 3.05) is 30.3 Å². The van der Waals surface area contributed by atoms with E-state index in [2.05, 4.69) is 32.8 Å². The Morgan fingerprint density at radius 3 is 2.44 bits per heavy atom. The second-order valence-corrected chi connectivity index (χ2v) is 3.92. The Labute approximate surface area is 108 Å². The molecule has 6 heteroatoms. The lowest BCUT2D eigenvalue weighted by Crippen LogP contribution is -2.30. The van der Waals surface area contributed by atoms with Crippen LogP contribution in [0.15, 0.2) is 12.4 Å². The molecule has 1 aromatic heterocycles. The number of aromatic nitrogens is 2. The standard InChI is InChI=1S/C12H21N5O/c1-3-5-14-10-7-13-8-11(17-10)16-9-12(18)15-6-4-2/h7-8H,3-6,9H2,1-2H3,(H,15,18)(H2,14,16,17). The number of hydrogen-bond donors (Lipinski definition) is 3. The highest BCUT2D eigenvalue weighted by molar-refractivity contribution is 5.80. The minimum atomic E-state index is -0.0365. The van der Waals surface area contributed by atoms with Crippen LogP contribution in [0.1, 0.15) is 26.7 Å². The van der Waals surface area contributed by atoms with E-state index in [1.54, 1.807) is 12.4 Å². The van der Waals surface area contributed by atoms with E-state index in [9.17, 15) is 4.79 Å². The zero-order chi connectivity index (χ0) is 13.2. The van der Waals surface area contributed by atoms with Gasteiger partial charge in [-0.2, -0.15) is 0 Å². The van der Waals surface area contributed by atoms with E-state index in [4.69, 9.17) is 0 Å². The average Bonchev–Trinajstić information content (AvgIpc) is 2.41. The van der Waals surface area contributed by atoms with Gasteiger partial charge in [-0.1, -0.05) is 13.8 Å². The molecule has 0 spiro atoms. The van der Waals surface area contributed by atoms with Crippen molar-refractivity contribution >= 4 is 17.5 Å². The Bertz CT molecular complexity index is 369. The van der Waals surface area contributed by atoms with Gasteiger partial charge in [0.15, 0.2) is 0 Å². The fourth-order valence-corrected chi connectivity index (χ4v) is 1.29. The van der Waals surface area contributed by atoms with Crippen molar-refractivity contribution in [3.05, 3.63) is 12.4 Å². The molecule has 0 aliphatic heterocycles. The number of rotatable bonds is 8. The molecule has 0 radical (unpaired) electrons. The van der Waals surface area contributed by atoms with Crippen molar-refractivity contribution in [2.45, 2.75) is 26.7 Å². The molecule has 0 bridgehead atoms. The molecule has 0 aliphatic carbocycles. The van der Waals surface area contributed by atoms with E-state index in [0.29, 0.717) is 12.4 Å². The Kier molecular flexibility index (Phi) is 6.53. The number of nitrogens with zero attached hydrogens (tertiary/aromatic N) is 2. The molecule has 1 aromatic rings. The molecule has 0 aromatic carbocycles. The van der Waals surface area contributed by atoms with E-state index in [0.717, 1.165) is 25.2 Å². The lowest BCUT2D eigenvalue weighted by Gasteiger charge is -2.08. The number of nitrogens with one attached hydrogen (secondary N) is 3. The summed E-state index contributed by atoms with van der Waals surface area (Å²) in [5.41, 5.74) is 0. The topological polar surface area (TPSA) is 78.9 Å². The second kappa shape index (κ2) is 8.27. The first-order valence-electron chi connectivity index (χ1n) is 6.32. The highest BCUT2D eigenvalue weighted by Gasteiger charge is 2.01. The van der Waals surface area contributed by atoms with E-state index in [1.165, 1.54) is 0 Å². The predicted molar refractivity (Wildman–Crippen MR) is 72.6 cm³/mol. The van der Waals surface area contributed by atoms with Gasteiger partial charge in [0.25, 0.3) is 0 Å². The summed E-state index contributed by atoms with van der Waals surface area (Å²) in [7, 11) is 0. The maximum absolute atomic E-state index is 11.4. The maximum atomic E-state index is 11.4. The first kappa shape index (κ1) is 14.2. The van der Waals surface area contributed by atoms with Gasteiger partial charge in [-0.15, -0.1) is 0 Å². The molecule has 1 amide bonds. The lowest BCUT2D eigenvalue weighted by atomic mass is 10.4. The van der Waals surface area contributed by atoms with Gasteiger partial charge in [0.2, 0.25) is 5.91 Å². The predicted octanol–water partition coefficient (Wildman–Crippen LogP) is 1.24. The zero-order valence-electron chi connectivity index (χ0n) is 11.0. The number of hydrogen-bond acceptors (Lipinski definition) is 5. The number of carbonyl (C=O) groups excluding carboxylic acids is 1. The van der Waals surface area contributed by atoms with Gasteiger partial charge in [-0.05, 0) is 12.8 Å². The highest BCUT2D eigenvalue weighted by Crippen LogP contribution is 2.05. The summed E-state index contributed by atoms with van der Waals surface area (Å²) in [5.74, 6) is 1.28. The summed E-state index contributed by atoms with van der Waals surface area (Å²) >= 11 is 0. The summed E-state index contributed by atoms with van der Waals surface area (Å²) in [6, 6.07) is 0. The van der Waals surface area contributed by atoms with Crippen LogP contribution in [0.3, 0.4) is 0 Å². The summed E-state index contributed by atoms with van der Waals surface area (Å²) in [5, 5.41) is 8.87. The molecule has 100 valence electrons. The molecule has 0 saturated heterocycles. The second-order valence-electron chi connectivity index (χ2n) is 3.92. The summed E-state index contributed by atoms with van der Waals surface area (Å²) in [6.07, 6.45) is 5.23. The average molecular weight is 251 g/mol. The molecule has 0 fully saturated rings. The molecule has 0 atom stereocenters. The van der Waals surface area contributed by atoms with Crippen LogP contribution < -0.4 is 16.0 Å². The third-order valence-electron chi connectivity index (χ3n) is 2.19. The molecule has 18 heavy (non-hydrogen) atoms. The van der Waals surface area contributed by atoms with Gasteiger partial charge >= 0.3 is 0 Å². The fourth-order valence-electron chi connectivity index (χ4n) is 1.29. The molecule has 3 N–H and O–H groups in total. The minimum absolute atomic E-state index is 0.0365. The molecule has 0 saturated carbocycles. The number of amides is 1. The smallest absolute Gasteiger partial charge is 0.239 e. The Balaban J connectivity index is 2.39. The van der Waals surface area contributed by atoms with Gasteiger partial charge in [0, 0.05) is 13.1 Å². The van der Waals surface area contributed by atoms with Crippen molar-refractivity contribution in [2.24, 2.45) is 0 Å². The SMILES string of the molecule is CCCNC(=O)CNc1cncc(NCCC)n1. The number of carbonyl (C=O) groups is 1. The van der Waals surface area contributed by atoms with Crippen LogP contribution in [0, 0.1) is 0 Å². The lowest BCUT2D eigenvalue weighted by molar-refractivity contribution is -0.119. The molecule has 1 rings (SSSR count). The Morgan fingerprint density at radius 1 is 1.11 bits per heavy atom. The normalized spacial score (nSPS) is 9.89. The van der Waals surface area contributed by atoms with Gasteiger partial charge in [-0.3, -0.25) is 9.78 Å². The summed E-state index contributed by atoms with van der Waals surface area (Å²) in [4.78, 5) is 19.8. The zero-order valence-corrected chi connectivity index (χ0v) is 11.0. The largest absolute Gasteiger partial charge is 0.369 e. The maximum Gasteiger partial charge on any atom is 0.239 e. The molecule has 1 heterocycles. The van der Waals surface area contributed by atoms with Crippen molar-refractivity contribution < 1.29 is 4.79 Å². The minimum Gasteiger partial charge on any atom is -0.369 e. The molecule has 0 aliphatic rings. The third kappa shape index (κ3) is 5.47. The van der Waals surface area contributed by atoms with Gasteiger partial charge in [-0.25, -0.2) is 4.98 Å². The van der Waals surface area contributed by atoms with Crippen molar-refractivity contribution in [1.82, 2.24) is 15.3 Å². The molecule has 6 nitrogen and oxygen atoms in total. The first-order valence-corrected chi connectivity index (χ1v) is 6.32. The Hall–Kier alpha value is -1.85. The van der Waals surface area contributed by atoms with Crippen LogP contribution in [0.4, 0.5) is 11.6 Å². The third-order valence-corrected chi connectivity index (χ3v) is 2.19. The van der Waals surface area contributed by atoms with E-state index in [-0.39, 0.29) is 12.5 Å². The van der Waals surface area contributed by atoms with Gasteiger partial charge in [0.1, 0.15) is 11.6 Å². The summed E-state index contributed by atoms with van der Waals surface area (Å²) < 4.78 is 0. The molecular weight excluding hydrogens is 230 g/mol. The van der Waals surface area contributed by atoms with Crippen LogP contribution in [0.25, 0.3) is 0 Å². The monoisotopic (exact) mass is 251 g/mol. The van der Waals surface area contributed by atoms with Crippen LogP contribution in [-0.2, 0) is 4.79 Å². The Morgan fingerprint density at radius 2 is 1.78 bits per heavy atom. The van der Waals surface area contributed by atoms with Crippen LogP contribution in [0.5, 0.6) is 0 Å². The van der Waals surface area contributed by atoms with Crippen LogP contribution >= 0.6 is 0 Å². The molecule has 0 unspecified atom stereocenters. The van der Waals surface area contributed by atoms with E-state index >= 15 is 0 Å². The fraction of sp³-hybridized carbons (Fsp3) is 0.583. The van der Waals surface area contributed by atoms with E-state index in [1.807, 2.05) is 6.92 Å². The summed E-state index contributed by atoms with van der Waals surface area (Å²) in [6.45, 7) is 5.87. The number of anilines is 2. The highest BCUT2D eigenvalue weighted by atomic mass is 16.1. The van der Waals surface area contributed by atoms with E-state index < -0.39 is 0 Å². The van der Waals surface area contributed by atoms with Gasteiger partial charge in [0.05, 0.1) is 18.9 Å². The van der Waals surface area contributed by atoms with Crippen molar-refractivity contribution in [3.8, 4) is 0 Å². The quantitative estimate of drug-likeness (QED) is 0.648. The van der Waals surface area contributed by atoms with Crippen molar-refractivity contribution in [1.29, 1.82) is 0 Å². The van der Waals surface area contributed by atoms with Crippen LogP contribution in [0.2, 0.25) is 0 Å². The van der Waals surface area contributed by atoms with Crippen LogP contribution in [-0.4, -0.2) is 35.5 Å². The first-order chi connectivity index (χ1) is 8.76. The van der Waals surface area contributed by atoms with Gasteiger partial charge < -0.3 is 16.0 Å².